The maximum absolute atomic E-state index is 12.6. The minimum absolute atomic E-state index is 0.120. The van der Waals surface area contributed by atoms with Crippen LogP contribution in [-0.4, -0.2) is 49.7 Å². The molecular formula is C14H22N2O4S. The van der Waals surface area contributed by atoms with Gasteiger partial charge in [0.1, 0.15) is 6.54 Å². The van der Waals surface area contributed by atoms with Gasteiger partial charge >= 0.3 is 5.97 Å². The molecule has 0 radical (unpaired) electrons. The first-order valence-electron chi connectivity index (χ1n) is 6.63. The Morgan fingerprint density at radius 1 is 1.24 bits per heavy atom. The third kappa shape index (κ3) is 4.80. The van der Waals surface area contributed by atoms with Crippen molar-refractivity contribution in [2.45, 2.75) is 26.4 Å². The normalized spacial score (nSPS) is 12.1. The van der Waals surface area contributed by atoms with E-state index in [1.165, 1.54) is 18.5 Å². The monoisotopic (exact) mass is 314 g/mol. The van der Waals surface area contributed by atoms with E-state index in [0.29, 0.717) is 0 Å². The Bertz CT molecular complexity index is 558. The van der Waals surface area contributed by atoms with Crippen LogP contribution < -0.4 is 0 Å². The molecule has 0 aromatic heterocycles. The zero-order valence-corrected chi connectivity index (χ0v) is 13.6. The van der Waals surface area contributed by atoms with Crippen molar-refractivity contribution in [1.29, 1.82) is 0 Å². The molecule has 0 fully saturated rings. The molecule has 0 unspecified atom stereocenters. The minimum Gasteiger partial charge on any atom is -0.468 e. The lowest BCUT2D eigenvalue weighted by Gasteiger charge is -2.29. The number of benzene rings is 1. The summed E-state index contributed by atoms with van der Waals surface area (Å²) in [6.45, 7) is 3.35. The highest BCUT2D eigenvalue weighted by Gasteiger charge is 2.30. The predicted molar refractivity (Wildman–Crippen MR) is 80.7 cm³/mol. The molecule has 0 spiro atoms. The summed E-state index contributed by atoms with van der Waals surface area (Å²) in [5, 5.41) is 0. The van der Waals surface area contributed by atoms with Crippen molar-refractivity contribution >= 4 is 16.2 Å². The molecule has 0 amide bonds. The van der Waals surface area contributed by atoms with Gasteiger partial charge in [0.15, 0.2) is 0 Å². The Morgan fingerprint density at radius 2 is 1.81 bits per heavy atom. The standard InChI is InChI=1S/C14H22N2O4S/c1-12(2)15(3)21(18,19)16(11-14(17)20-4)10-13-8-6-5-7-9-13/h5-9,12H,10-11H2,1-4H3. The molecule has 0 saturated carbocycles. The fourth-order valence-electron chi connectivity index (χ4n) is 1.66. The molecule has 0 heterocycles. The second-order valence-corrected chi connectivity index (χ2v) is 6.94. The highest BCUT2D eigenvalue weighted by Crippen LogP contribution is 2.14. The number of hydrogen-bond acceptors (Lipinski definition) is 4. The van der Waals surface area contributed by atoms with Crippen LogP contribution in [0.3, 0.4) is 0 Å². The van der Waals surface area contributed by atoms with E-state index >= 15 is 0 Å². The summed E-state index contributed by atoms with van der Waals surface area (Å²) >= 11 is 0. The molecule has 0 aliphatic heterocycles. The maximum atomic E-state index is 12.6. The van der Waals surface area contributed by atoms with Gasteiger partial charge in [-0.1, -0.05) is 30.3 Å². The van der Waals surface area contributed by atoms with Gasteiger partial charge in [-0.2, -0.15) is 17.0 Å². The van der Waals surface area contributed by atoms with Crippen LogP contribution in [0.2, 0.25) is 0 Å². The van der Waals surface area contributed by atoms with Crippen molar-refractivity contribution in [2.75, 3.05) is 20.7 Å². The summed E-state index contributed by atoms with van der Waals surface area (Å²) in [6, 6.07) is 8.92. The number of ether oxygens (including phenoxy) is 1. The summed E-state index contributed by atoms with van der Waals surface area (Å²) in [6.07, 6.45) is 0. The topological polar surface area (TPSA) is 66.9 Å². The van der Waals surface area contributed by atoms with E-state index in [0.717, 1.165) is 9.87 Å². The number of carbonyl (C=O) groups excluding carboxylic acids is 1. The number of hydrogen-bond donors (Lipinski definition) is 0. The van der Waals surface area contributed by atoms with Crippen LogP contribution >= 0.6 is 0 Å². The third-order valence-electron chi connectivity index (χ3n) is 3.15. The first kappa shape index (κ1) is 17.6. The number of carbonyl (C=O) groups is 1. The number of nitrogens with zero attached hydrogens (tertiary/aromatic N) is 2. The van der Waals surface area contributed by atoms with Gasteiger partial charge in [0.05, 0.1) is 7.11 Å². The molecule has 118 valence electrons. The molecular weight excluding hydrogens is 292 g/mol. The van der Waals surface area contributed by atoms with E-state index in [9.17, 15) is 13.2 Å². The molecule has 0 N–H and O–H groups in total. The van der Waals surface area contributed by atoms with Crippen LogP contribution in [0.25, 0.3) is 0 Å². The van der Waals surface area contributed by atoms with Gasteiger partial charge in [0.2, 0.25) is 0 Å². The van der Waals surface area contributed by atoms with Crippen LogP contribution in [0.15, 0.2) is 30.3 Å². The second kappa shape index (κ2) is 7.53. The highest BCUT2D eigenvalue weighted by atomic mass is 32.2. The van der Waals surface area contributed by atoms with E-state index in [2.05, 4.69) is 4.74 Å². The van der Waals surface area contributed by atoms with Crippen LogP contribution in [0.4, 0.5) is 0 Å². The van der Waals surface area contributed by atoms with Gasteiger partial charge in [0.25, 0.3) is 10.2 Å². The lowest BCUT2D eigenvalue weighted by Crippen LogP contribution is -2.46. The average molecular weight is 314 g/mol. The first-order chi connectivity index (χ1) is 9.78. The van der Waals surface area contributed by atoms with Crippen molar-refractivity contribution in [3.05, 3.63) is 35.9 Å². The Balaban J connectivity index is 3.05. The molecule has 0 aliphatic rings. The number of rotatable bonds is 7. The number of methoxy groups -OCH3 is 1. The van der Waals surface area contributed by atoms with Crippen molar-refractivity contribution in [2.24, 2.45) is 0 Å². The van der Waals surface area contributed by atoms with E-state index in [4.69, 9.17) is 0 Å². The maximum Gasteiger partial charge on any atom is 0.321 e. The lowest BCUT2D eigenvalue weighted by molar-refractivity contribution is -0.140. The molecule has 0 aliphatic carbocycles. The SMILES string of the molecule is COC(=O)CN(Cc1ccccc1)S(=O)(=O)N(C)C(C)C. The zero-order chi connectivity index (χ0) is 16.0. The fourth-order valence-corrected chi connectivity index (χ4v) is 3.14. The highest BCUT2D eigenvalue weighted by molar-refractivity contribution is 7.86. The van der Waals surface area contributed by atoms with E-state index in [-0.39, 0.29) is 19.1 Å². The summed E-state index contributed by atoms with van der Waals surface area (Å²) in [4.78, 5) is 11.5. The summed E-state index contributed by atoms with van der Waals surface area (Å²) in [5.74, 6) is -0.591. The van der Waals surface area contributed by atoms with Crippen LogP contribution in [0, 0.1) is 0 Å². The first-order valence-corrected chi connectivity index (χ1v) is 8.02. The van der Waals surface area contributed by atoms with Crippen molar-refractivity contribution in [1.82, 2.24) is 8.61 Å². The molecule has 1 rings (SSSR count). The Kier molecular flexibility index (Phi) is 6.32. The molecule has 0 bridgehead atoms. The fraction of sp³-hybridized carbons (Fsp3) is 0.500. The Hall–Kier alpha value is -1.44. The smallest absolute Gasteiger partial charge is 0.321 e. The largest absolute Gasteiger partial charge is 0.468 e. The molecule has 7 heteroatoms. The molecule has 0 saturated heterocycles. The third-order valence-corrected chi connectivity index (χ3v) is 5.21. The Labute approximate surface area is 126 Å². The van der Waals surface area contributed by atoms with Gasteiger partial charge in [-0.15, -0.1) is 0 Å². The van der Waals surface area contributed by atoms with Crippen molar-refractivity contribution in [3.63, 3.8) is 0 Å². The quantitative estimate of drug-likeness (QED) is 0.710. The minimum atomic E-state index is -3.74. The second-order valence-electron chi connectivity index (χ2n) is 4.95. The molecule has 1 aromatic rings. The van der Waals surface area contributed by atoms with Gasteiger partial charge in [0, 0.05) is 19.6 Å². The Morgan fingerprint density at radius 3 is 2.29 bits per heavy atom. The van der Waals surface area contributed by atoms with E-state index in [1.54, 1.807) is 13.8 Å². The van der Waals surface area contributed by atoms with Gasteiger partial charge in [-0.3, -0.25) is 4.79 Å². The van der Waals surface area contributed by atoms with E-state index < -0.39 is 16.2 Å². The van der Waals surface area contributed by atoms with Crippen LogP contribution in [-0.2, 0) is 26.3 Å². The summed E-state index contributed by atoms with van der Waals surface area (Å²) in [7, 11) is -1.00. The molecule has 21 heavy (non-hydrogen) atoms. The van der Waals surface area contributed by atoms with Crippen molar-refractivity contribution in [3.8, 4) is 0 Å². The van der Waals surface area contributed by atoms with Crippen molar-refractivity contribution < 1.29 is 17.9 Å². The van der Waals surface area contributed by atoms with Gasteiger partial charge in [-0.25, -0.2) is 0 Å². The molecule has 6 nitrogen and oxygen atoms in total. The van der Waals surface area contributed by atoms with E-state index in [1.807, 2.05) is 30.3 Å². The summed E-state index contributed by atoms with van der Waals surface area (Å²) < 4.78 is 32.1. The van der Waals surface area contributed by atoms with Crippen LogP contribution in [0.5, 0.6) is 0 Å². The number of esters is 1. The molecule has 0 atom stereocenters. The van der Waals surface area contributed by atoms with Crippen LogP contribution in [0.1, 0.15) is 19.4 Å². The van der Waals surface area contributed by atoms with Gasteiger partial charge in [-0.05, 0) is 19.4 Å². The predicted octanol–water partition coefficient (Wildman–Crippen LogP) is 1.25. The lowest BCUT2D eigenvalue weighted by atomic mass is 10.2. The molecule has 1 aromatic carbocycles. The average Bonchev–Trinajstić information content (AvgIpc) is 2.46. The van der Waals surface area contributed by atoms with Gasteiger partial charge < -0.3 is 4.74 Å². The summed E-state index contributed by atoms with van der Waals surface area (Å²) in [5.41, 5.74) is 0.808. The zero-order valence-electron chi connectivity index (χ0n) is 12.8.